The van der Waals surface area contributed by atoms with Crippen LogP contribution in [0.15, 0.2) is 12.1 Å². The molecule has 2 heteroatoms. The van der Waals surface area contributed by atoms with E-state index in [1.54, 1.807) is 0 Å². The third-order valence-corrected chi connectivity index (χ3v) is 6.88. The van der Waals surface area contributed by atoms with Gasteiger partial charge >= 0.3 is 0 Å². The van der Waals surface area contributed by atoms with Gasteiger partial charge in [-0.3, -0.25) is 0 Å². The molecule has 0 unspecified atom stereocenters. The Morgan fingerprint density at radius 2 is 0.833 bits per heavy atom. The van der Waals surface area contributed by atoms with Crippen LogP contribution in [0.1, 0.15) is 153 Å². The number of hydrogen-bond acceptors (Lipinski definition) is 2. The van der Waals surface area contributed by atoms with Crippen molar-refractivity contribution in [3.8, 4) is 36.2 Å². The second kappa shape index (κ2) is 23.3. The van der Waals surface area contributed by atoms with E-state index in [2.05, 4.69) is 25.7 Å². The van der Waals surface area contributed by atoms with Crippen LogP contribution in [-0.2, 0) is 0 Å². The first-order valence-electron chi connectivity index (χ1n) is 15.1. The van der Waals surface area contributed by atoms with Crippen LogP contribution in [0.4, 0.5) is 0 Å². The second-order valence-corrected chi connectivity index (χ2v) is 10.2. The van der Waals surface area contributed by atoms with Gasteiger partial charge < -0.3 is 9.47 Å². The molecule has 1 aromatic carbocycles. The highest BCUT2D eigenvalue weighted by atomic mass is 16.5. The average Bonchev–Trinajstić information content (AvgIpc) is 2.90. The quantitative estimate of drug-likeness (QED) is 0.105. The van der Waals surface area contributed by atoms with Gasteiger partial charge in [-0.15, -0.1) is 12.8 Å². The van der Waals surface area contributed by atoms with Crippen molar-refractivity contribution in [2.24, 2.45) is 0 Å². The lowest BCUT2D eigenvalue weighted by Gasteiger charge is -2.14. The van der Waals surface area contributed by atoms with E-state index in [0.717, 1.165) is 18.6 Å². The van der Waals surface area contributed by atoms with Gasteiger partial charge in [0.15, 0.2) is 5.75 Å². The number of ether oxygens (including phenoxy) is 2. The van der Waals surface area contributed by atoms with E-state index in [9.17, 15) is 0 Å². The number of unbranched alkanes of at least 4 members (excludes halogenated alkanes) is 18. The van der Waals surface area contributed by atoms with Crippen LogP contribution in [0.5, 0.6) is 11.5 Å². The van der Waals surface area contributed by atoms with Crippen LogP contribution < -0.4 is 9.47 Å². The van der Waals surface area contributed by atoms with Gasteiger partial charge in [0.1, 0.15) is 5.75 Å². The SMILES string of the molecule is C#Cc1cc(OCCCCCCCCCCCC)cc(C#C)c1OCCCCCCCCCCCC. The summed E-state index contributed by atoms with van der Waals surface area (Å²) < 4.78 is 12.0. The molecule has 1 aromatic rings. The molecular weight excluding hydrogens is 440 g/mol. The molecule has 1 rings (SSSR count). The summed E-state index contributed by atoms with van der Waals surface area (Å²) in [5.74, 6) is 6.89. The van der Waals surface area contributed by atoms with Gasteiger partial charge in [-0.25, -0.2) is 0 Å². The summed E-state index contributed by atoms with van der Waals surface area (Å²) in [7, 11) is 0. The zero-order valence-corrected chi connectivity index (χ0v) is 23.7. The molecule has 0 saturated carbocycles. The highest BCUT2D eigenvalue weighted by Gasteiger charge is 2.11. The third-order valence-electron chi connectivity index (χ3n) is 6.88. The Morgan fingerprint density at radius 3 is 1.19 bits per heavy atom. The van der Waals surface area contributed by atoms with Crippen LogP contribution in [0.3, 0.4) is 0 Å². The minimum atomic E-state index is 0.651. The van der Waals surface area contributed by atoms with Crippen molar-refractivity contribution in [2.75, 3.05) is 13.2 Å². The summed E-state index contributed by atoms with van der Waals surface area (Å²) in [6.45, 7) is 5.89. The summed E-state index contributed by atoms with van der Waals surface area (Å²) in [5.41, 5.74) is 1.38. The number of hydrogen-bond donors (Lipinski definition) is 0. The molecule has 202 valence electrons. The molecule has 0 bridgehead atoms. The molecule has 0 aliphatic carbocycles. The third kappa shape index (κ3) is 15.8. The molecule has 36 heavy (non-hydrogen) atoms. The highest BCUT2D eigenvalue weighted by Crippen LogP contribution is 2.29. The molecule has 0 heterocycles. The number of rotatable bonds is 24. The highest BCUT2D eigenvalue weighted by molar-refractivity contribution is 5.59. The van der Waals surface area contributed by atoms with Crippen molar-refractivity contribution in [3.05, 3.63) is 23.3 Å². The van der Waals surface area contributed by atoms with E-state index in [4.69, 9.17) is 22.3 Å². The smallest absolute Gasteiger partial charge is 0.150 e. The largest absolute Gasteiger partial charge is 0.494 e. The molecule has 0 aliphatic heterocycles. The van der Waals surface area contributed by atoms with Crippen LogP contribution in [0, 0.1) is 24.7 Å². The zero-order valence-electron chi connectivity index (χ0n) is 23.7. The van der Waals surface area contributed by atoms with Gasteiger partial charge in [-0.05, 0) is 25.0 Å². The van der Waals surface area contributed by atoms with Gasteiger partial charge in [0.2, 0.25) is 0 Å². The molecule has 0 fully saturated rings. The maximum atomic E-state index is 6.05. The second-order valence-electron chi connectivity index (χ2n) is 10.2. The fraction of sp³-hybridized carbons (Fsp3) is 0.706. The monoisotopic (exact) mass is 494 g/mol. The summed E-state index contributed by atoms with van der Waals surface area (Å²) >= 11 is 0. The van der Waals surface area contributed by atoms with Gasteiger partial charge in [0.25, 0.3) is 0 Å². The van der Waals surface area contributed by atoms with Gasteiger partial charge in [-0.2, -0.15) is 0 Å². The maximum absolute atomic E-state index is 6.05. The Hall–Kier alpha value is -2.06. The molecule has 0 aromatic heterocycles. The predicted molar refractivity (Wildman–Crippen MR) is 157 cm³/mol. The fourth-order valence-corrected chi connectivity index (χ4v) is 4.60. The summed E-state index contributed by atoms with van der Waals surface area (Å²) in [6, 6.07) is 3.79. The Labute approximate surface area is 224 Å². The van der Waals surface area contributed by atoms with E-state index >= 15 is 0 Å². The predicted octanol–water partition coefficient (Wildman–Crippen LogP) is 10.2. The Balaban J connectivity index is 2.25. The normalized spacial score (nSPS) is 10.7. The summed E-state index contributed by atoms with van der Waals surface area (Å²) in [6.07, 6.45) is 37.7. The summed E-state index contributed by atoms with van der Waals surface area (Å²) in [4.78, 5) is 0. The summed E-state index contributed by atoms with van der Waals surface area (Å²) in [5, 5.41) is 0. The molecule has 0 N–H and O–H groups in total. The van der Waals surface area contributed by atoms with Crippen molar-refractivity contribution < 1.29 is 9.47 Å². The van der Waals surface area contributed by atoms with Crippen molar-refractivity contribution in [1.82, 2.24) is 0 Å². The minimum Gasteiger partial charge on any atom is -0.494 e. The topological polar surface area (TPSA) is 18.5 Å². The van der Waals surface area contributed by atoms with E-state index in [0.29, 0.717) is 30.1 Å². The van der Waals surface area contributed by atoms with Crippen LogP contribution in [0.25, 0.3) is 0 Å². The molecule has 0 amide bonds. The van der Waals surface area contributed by atoms with E-state index in [1.165, 1.54) is 116 Å². The van der Waals surface area contributed by atoms with Crippen LogP contribution in [-0.4, -0.2) is 13.2 Å². The fourth-order valence-electron chi connectivity index (χ4n) is 4.60. The van der Waals surface area contributed by atoms with Gasteiger partial charge in [-0.1, -0.05) is 141 Å². The van der Waals surface area contributed by atoms with Crippen molar-refractivity contribution in [1.29, 1.82) is 0 Å². The Kier molecular flexibility index (Phi) is 20.7. The van der Waals surface area contributed by atoms with Crippen LogP contribution in [0.2, 0.25) is 0 Å². The molecule has 0 atom stereocenters. The van der Waals surface area contributed by atoms with E-state index in [1.807, 2.05) is 12.1 Å². The van der Waals surface area contributed by atoms with Gasteiger partial charge in [0, 0.05) is 0 Å². The standard InChI is InChI=1S/C34H54O2/c1-5-9-11-13-15-17-19-21-23-25-27-35-33-29-31(7-3)34(32(8-4)30-33)36-28-26-24-22-20-18-16-14-12-10-6-2/h3-4,29-30H,5-6,9-28H2,1-2H3. The molecular formula is C34H54O2. The maximum Gasteiger partial charge on any atom is 0.150 e. The van der Waals surface area contributed by atoms with Crippen LogP contribution >= 0.6 is 0 Å². The average molecular weight is 495 g/mol. The van der Waals surface area contributed by atoms with Gasteiger partial charge in [0.05, 0.1) is 24.3 Å². The molecule has 2 nitrogen and oxygen atoms in total. The lowest BCUT2D eigenvalue weighted by atomic mass is 10.1. The molecule has 0 saturated heterocycles. The Morgan fingerprint density at radius 1 is 0.500 bits per heavy atom. The van der Waals surface area contributed by atoms with E-state index < -0.39 is 0 Å². The zero-order chi connectivity index (χ0) is 26.1. The Bertz CT molecular complexity index is 702. The lowest BCUT2D eigenvalue weighted by Crippen LogP contribution is -2.03. The van der Waals surface area contributed by atoms with Crippen molar-refractivity contribution in [2.45, 2.75) is 142 Å². The number of benzene rings is 1. The first kappa shape index (κ1) is 32.0. The first-order valence-corrected chi connectivity index (χ1v) is 15.1. The number of terminal acetylenes is 2. The van der Waals surface area contributed by atoms with E-state index in [-0.39, 0.29) is 0 Å². The van der Waals surface area contributed by atoms with Crippen molar-refractivity contribution in [3.63, 3.8) is 0 Å². The minimum absolute atomic E-state index is 0.651. The molecule has 0 aliphatic rings. The lowest BCUT2D eigenvalue weighted by molar-refractivity contribution is 0.295. The molecule has 0 radical (unpaired) electrons. The van der Waals surface area contributed by atoms with Crippen molar-refractivity contribution >= 4 is 0 Å². The molecule has 0 spiro atoms. The first-order chi connectivity index (χ1) is 17.8.